The number of rotatable bonds is 1. The Morgan fingerprint density at radius 3 is 2.00 bits per heavy atom. The first-order chi connectivity index (χ1) is 7.12. The molecular formula is C14H28N2. The predicted octanol–water partition coefficient (Wildman–Crippen LogP) is 2.64. The lowest BCUT2D eigenvalue weighted by Crippen LogP contribution is -2.49. The molecule has 94 valence electrons. The van der Waals surface area contributed by atoms with E-state index < -0.39 is 0 Å². The van der Waals surface area contributed by atoms with Gasteiger partial charge in [0.25, 0.3) is 0 Å². The largest absolute Gasteiger partial charge is 0.307 e. The number of nitrogens with zero attached hydrogens (tertiary/aromatic N) is 1. The molecule has 0 aromatic rings. The first-order valence-corrected chi connectivity index (χ1v) is 6.65. The van der Waals surface area contributed by atoms with E-state index in [1.807, 2.05) is 0 Å². The smallest absolute Gasteiger partial charge is 0.0268 e. The third kappa shape index (κ3) is 2.43. The molecular weight excluding hydrogens is 196 g/mol. The minimum atomic E-state index is 0.244. The van der Waals surface area contributed by atoms with Crippen molar-refractivity contribution in [2.75, 3.05) is 13.1 Å². The molecule has 2 rings (SSSR count). The number of nitrogens with one attached hydrogen (secondary N) is 1. The van der Waals surface area contributed by atoms with Gasteiger partial charge in [-0.25, -0.2) is 0 Å². The Morgan fingerprint density at radius 1 is 1.06 bits per heavy atom. The van der Waals surface area contributed by atoms with Gasteiger partial charge in [0.15, 0.2) is 0 Å². The second-order valence-corrected chi connectivity index (χ2v) is 7.86. The zero-order valence-electron chi connectivity index (χ0n) is 11.9. The van der Waals surface area contributed by atoms with Crippen molar-refractivity contribution < 1.29 is 0 Å². The molecule has 1 saturated heterocycles. The van der Waals surface area contributed by atoms with Gasteiger partial charge in [-0.2, -0.15) is 0 Å². The SMILES string of the molecule is CC(C)(C)NC1CN(C(C)(C)C)CC12CC2. The molecule has 2 fully saturated rings. The average molecular weight is 224 g/mol. The van der Waals surface area contributed by atoms with Crippen molar-refractivity contribution >= 4 is 0 Å². The van der Waals surface area contributed by atoms with Crippen LogP contribution < -0.4 is 5.32 Å². The second kappa shape index (κ2) is 3.46. The molecule has 2 nitrogen and oxygen atoms in total. The lowest BCUT2D eigenvalue weighted by atomic mass is 9.97. The third-order valence-electron chi connectivity index (χ3n) is 4.10. The summed E-state index contributed by atoms with van der Waals surface area (Å²) in [5.74, 6) is 0. The zero-order chi connectivity index (χ0) is 12.2. The molecule has 1 heterocycles. The summed E-state index contributed by atoms with van der Waals surface area (Å²) in [5.41, 5.74) is 1.18. The van der Waals surface area contributed by atoms with Crippen LogP contribution in [0.5, 0.6) is 0 Å². The van der Waals surface area contributed by atoms with Gasteiger partial charge in [-0.3, -0.25) is 4.90 Å². The minimum absolute atomic E-state index is 0.244. The molecule has 1 unspecified atom stereocenters. The van der Waals surface area contributed by atoms with Crippen molar-refractivity contribution in [3.8, 4) is 0 Å². The van der Waals surface area contributed by atoms with Crippen LogP contribution in [-0.4, -0.2) is 35.1 Å². The van der Waals surface area contributed by atoms with Crippen LogP contribution in [0.2, 0.25) is 0 Å². The second-order valence-electron chi connectivity index (χ2n) is 7.86. The Morgan fingerprint density at radius 2 is 1.62 bits per heavy atom. The molecule has 0 radical (unpaired) electrons. The fourth-order valence-corrected chi connectivity index (χ4v) is 2.87. The Balaban J connectivity index is 2.05. The summed E-state index contributed by atoms with van der Waals surface area (Å²) >= 11 is 0. The van der Waals surface area contributed by atoms with Crippen LogP contribution in [0.4, 0.5) is 0 Å². The Hall–Kier alpha value is -0.0800. The van der Waals surface area contributed by atoms with Crippen molar-refractivity contribution in [2.45, 2.75) is 71.5 Å². The summed E-state index contributed by atoms with van der Waals surface area (Å²) in [7, 11) is 0. The van der Waals surface area contributed by atoms with E-state index in [2.05, 4.69) is 51.8 Å². The maximum Gasteiger partial charge on any atom is 0.0268 e. The minimum Gasteiger partial charge on any atom is -0.307 e. The first kappa shape index (κ1) is 12.4. The van der Waals surface area contributed by atoms with Gasteiger partial charge in [0.1, 0.15) is 0 Å². The van der Waals surface area contributed by atoms with Crippen LogP contribution in [0.3, 0.4) is 0 Å². The molecule has 1 atom stereocenters. The number of hydrogen-bond acceptors (Lipinski definition) is 2. The van der Waals surface area contributed by atoms with Gasteiger partial charge in [-0.15, -0.1) is 0 Å². The van der Waals surface area contributed by atoms with Gasteiger partial charge in [0.05, 0.1) is 0 Å². The highest BCUT2D eigenvalue weighted by atomic mass is 15.3. The molecule has 1 aliphatic carbocycles. The molecule has 1 spiro atoms. The molecule has 1 saturated carbocycles. The first-order valence-electron chi connectivity index (χ1n) is 6.65. The highest BCUT2D eigenvalue weighted by molar-refractivity contribution is 5.12. The molecule has 0 aromatic heterocycles. The number of likely N-dealkylation sites (tertiary alicyclic amines) is 1. The van der Waals surface area contributed by atoms with Crippen molar-refractivity contribution in [3.63, 3.8) is 0 Å². The summed E-state index contributed by atoms with van der Waals surface area (Å²) < 4.78 is 0. The molecule has 0 bridgehead atoms. The van der Waals surface area contributed by atoms with Gasteiger partial charge in [0.2, 0.25) is 0 Å². The topological polar surface area (TPSA) is 15.3 Å². The monoisotopic (exact) mass is 224 g/mol. The summed E-state index contributed by atoms with van der Waals surface area (Å²) in [4.78, 5) is 2.66. The number of hydrogen-bond donors (Lipinski definition) is 1. The highest BCUT2D eigenvalue weighted by Gasteiger charge is 2.56. The summed E-state index contributed by atoms with van der Waals surface area (Å²) in [6.45, 7) is 16.4. The fourth-order valence-electron chi connectivity index (χ4n) is 2.87. The van der Waals surface area contributed by atoms with Crippen LogP contribution in [0, 0.1) is 5.41 Å². The van der Waals surface area contributed by atoms with Crippen molar-refractivity contribution in [1.29, 1.82) is 0 Å². The van der Waals surface area contributed by atoms with E-state index in [1.165, 1.54) is 25.9 Å². The maximum atomic E-state index is 3.83. The van der Waals surface area contributed by atoms with E-state index in [4.69, 9.17) is 0 Å². The van der Waals surface area contributed by atoms with Crippen LogP contribution in [0.1, 0.15) is 54.4 Å². The summed E-state index contributed by atoms with van der Waals surface area (Å²) in [5, 5.41) is 3.83. The van der Waals surface area contributed by atoms with Gasteiger partial charge < -0.3 is 5.32 Å². The molecule has 2 heteroatoms. The Kier molecular flexibility index (Phi) is 2.67. The normalized spacial score (nSPS) is 30.0. The van der Waals surface area contributed by atoms with E-state index in [0.29, 0.717) is 17.0 Å². The van der Waals surface area contributed by atoms with Crippen LogP contribution in [0.15, 0.2) is 0 Å². The average Bonchev–Trinajstić information content (AvgIpc) is 2.69. The van der Waals surface area contributed by atoms with Crippen molar-refractivity contribution in [3.05, 3.63) is 0 Å². The van der Waals surface area contributed by atoms with E-state index in [0.717, 1.165) is 0 Å². The van der Waals surface area contributed by atoms with Crippen LogP contribution in [-0.2, 0) is 0 Å². The van der Waals surface area contributed by atoms with Crippen LogP contribution >= 0.6 is 0 Å². The highest BCUT2D eigenvalue weighted by Crippen LogP contribution is 2.54. The lowest BCUT2D eigenvalue weighted by molar-refractivity contribution is 0.163. The third-order valence-corrected chi connectivity index (χ3v) is 4.10. The van der Waals surface area contributed by atoms with E-state index >= 15 is 0 Å². The molecule has 1 N–H and O–H groups in total. The lowest BCUT2D eigenvalue weighted by Gasteiger charge is -2.32. The maximum absolute atomic E-state index is 3.83. The molecule has 2 aliphatic rings. The zero-order valence-corrected chi connectivity index (χ0v) is 11.9. The van der Waals surface area contributed by atoms with E-state index in [1.54, 1.807) is 0 Å². The summed E-state index contributed by atoms with van der Waals surface area (Å²) in [6.07, 6.45) is 2.85. The molecule has 0 aromatic carbocycles. The van der Waals surface area contributed by atoms with Crippen molar-refractivity contribution in [1.82, 2.24) is 10.2 Å². The summed E-state index contributed by atoms with van der Waals surface area (Å²) in [6, 6.07) is 0.701. The Bertz CT molecular complexity index is 265. The quantitative estimate of drug-likeness (QED) is 0.736. The van der Waals surface area contributed by atoms with Crippen molar-refractivity contribution in [2.24, 2.45) is 5.41 Å². The van der Waals surface area contributed by atoms with Gasteiger partial charge in [0, 0.05) is 30.2 Å². The van der Waals surface area contributed by atoms with Crippen LogP contribution in [0.25, 0.3) is 0 Å². The molecule has 16 heavy (non-hydrogen) atoms. The van der Waals surface area contributed by atoms with Gasteiger partial charge in [-0.1, -0.05) is 0 Å². The van der Waals surface area contributed by atoms with Gasteiger partial charge in [-0.05, 0) is 59.8 Å². The van der Waals surface area contributed by atoms with E-state index in [-0.39, 0.29) is 5.54 Å². The van der Waals surface area contributed by atoms with E-state index in [9.17, 15) is 0 Å². The molecule has 1 aliphatic heterocycles. The fraction of sp³-hybridized carbons (Fsp3) is 1.00. The molecule has 0 amide bonds. The Labute approximate surface area is 101 Å². The predicted molar refractivity (Wildman–Crippen MR) is 69.7 cm³/mol. The standard InChI is InChI=1S/C14H28N2/c1-12(2,3)15-11-9-16(13(4,5)6)10-14(11)7-8-14/h11,15H,7-10H2,1-6H3. The van der Waals surface area contributed by atoms with Gasteiger partial charge >= 0.3 is 0 Å².